The summed E-state index contributed by atoms with van der Waals surface area (Å²) in [5, 5.41) is 19.5. The van der Waals surface area contributed by atoms with Gasteiger partial charge in [0.1, 0.15) is 0 Å². The maximum Gasteiger partial charge on any atom is 0.0909 e. The molecular formula is C12H24O4. The van der Waals surface area contributed by atoms with Crippen molar-refractivity contribution < 1.29 is 19.7 Å². The highest BCUT2D eigenvalue weighted by atomic mass is 16.5. The van der Waals surface area contributed by atoms with Crippen molar-refractivity contribution in [3.05, 3.63) is 0 Å². The summed E-state index contributed by atoms with van der Waals surface area (Å²) in [5.74, 6) is 0.167. The Hall–Kier alpha value is -0.160. The van der Waals surface area contributed by atoms with Crippen LogP contribution in [0.4, 0.5) is 0 Å². The van der Waals surface area contributed by atoms with Crippen molar-refractivity contribution in [2.24, 2.45) is 5.92 Å². The van der Waals surface area contributed by atoms with E-state index in [4.69, 9.17) is 9.47 Å². The maximum absolute atomic E-state index is 10.1. The molecule has 0 aliphatic heterocycles. The Morgan fingerprint density at radius 2 is 2.06 bits per heavy atom. The molecule has 2 N–H and O–H groups in total. The van der Waals surface area contributed by atoms with Gasteiger partial charge in [-0.15, -0.1) is 0 Å². The zero-order chi connectivity index (χ0) is 12.4. The summed E-state index contributed by atoms with van der Waals surface area (Å²) >= 11 is 0. The average molecular weight is 232 g/mol. The highest BCUT2D eigenvalue weighted by Crippen LogP contribution is 2.40. The van der Waals surface area contributed by atoms with Crippen LogP contribution in [0, 0.1) is 5.92 Å². The Labute approximate surface area is 97.6 Å². The first-order valence-electron chi connectivity index (χ1n) is 5.81. The minimum Gasteiger partial charge on any atom is -0.393 e. The molecule has 4 nitrogen and oxygen atoms in total. The molecule has 0 saturated heterocycles. The molecule has 0 heterocycles. The van der Waals surface area contributed by atoms with Crippen LogP contribution in [0.25, 0.3) is 0 Å². The number of hydrogen-bond acceptors (Lipinski definition) is 4. The largest absolute Gasteiger partial charge is 0.393 e. The molecule has 1 rings (SSSR count). The molecule has 16 heavy (non-hydrogen) atoms. The summed E-state index contributed by atoms with van der Waals surface area (Å²) in [5.41, 5.74) is -1.02. The standard InChI is InChI=1S/C12H24O4/c1-11(15-3)6-5-9(7-10(11)14)12(2,8-13)16-4/h9-10,13-14H,5-8H2,1-4H3. The summed E-state index contributed by atoms with van der Waals surface area (Å²) in [4.78, 5) is 0. The Bertz CT molecular complexity index is 227. The molecule has 4 atom stereocenters. The van der Waals surface area contributed by atoms with E-state index in [-0.39, 0.29) is 12.5 Å². The van der Waals surface area contributed by atoms with Crippen molar-refractivity contribution in [1.82, 2.24) is 0 Å². The third-order valence-corrected chi connectivity index (χ3v) is 4.31. The SMILES string of the molecule is COC1(C)CCC(C(C)(CO)OC)CC1O. The number of methoxy groups -OCH3 is 2. The van der Waals surface area contributed by atoms with Gasteiger partial charge in [0.25, 0.3) is 0 Å². The number of hydrogen-bond donors (Lipinski definition) is 2. The fraction of sp³-hybridized carbons (Fsp3) is 1.00. The van der Waals surface area contributed by atoms with Crippen molar-refractivity contribution in [1.29, 1.82) is 0 Å². The van der Waals surface area contributed by atoms with Crippen molar-refractivity contribution in [3.8, 4) is 0 Å². The molecule has 0 aromatic rings. The van der Waals surface area contributed by atoms with Gasteiger partial charge < -0.3 is 19.7 Å². The average Bonchev–Trinajstić information content (AvgIpc) is 2.31. The Morgan fingerprint density at radius 1 is 1.44 bits per heavy atom. The monoisotopic (exact) mass is 232 g/mol. The maximum atomic E-state index is 10.1. The molecule has 96 valence electrons. The Kier molecular flexibility index (Phi) is 4.35. The Morgan fingerprint density at radius 3 is 2.44 bits per heavy atom. The van der Waals surface area contributed by atoms with Crippen molar-refractivity contribution in [2.45, 2.75) is 50.4 Å². The number of aliphatic hydroxyl groups excluding tert-OH is 2. The van der Waals surface area contributed by atoms with Crippen LogP contribution in [0.2, 0.25) is 0 Å². The molecule has 0 aromatic heterocycles. The zero-order valence-electron chi connectivity index (χ0n) is 10.7. The molecule has 4 heteroatoms. The van der Waals surface area contributed by atoms with Crippen LogP contribution in [-0.2, 0) is 9.47 Å². The summed E-state index contributed by atoms with van der Waals surface area (Å²) in [6.45, 7) is 3.79. The predicted octanol–water partition coefficient (Wildman–Crippen LogP) is 0.950. The van der Waals surface area contributed by atoms with E-state index < -0.39 is 17.3 Å². The molecule has 0 spiro atoms. The smallest absolute Gasteiger partial charge is 0.0909 e. The van der Waals surface area contributed by atoms with E-state index in [0.717, 1.165) is 12.8 Å². The molecule has 1 saturated carbocycles. The van der Waals surface area contributed by atoms with Crippen LogP contribution in [0.3, 0.4) is 0 Å². The van der Waals surface area contributed by atoms with Crippen LogP contribution < -0.4 is 0 Å². The molecule has 0 aromatic carbocycles. The quantitative estimate of drug-likeness (QED) is 0.757. The lowest BCUT2D eigenvalue weighted by atomic mass is 9.71. The van der Waals surface area contributed by atoms with E-state index in [2.05, 4.69) is 0 Å². The molecule has 1 aliphatic rings. The van der Waals surface area contributed by atoms with Crippen molar-refractivity contribution in [2.75, 3.05) is 20.8 Å². The molecule has 1 fully saturated rings. The van der Waals surface area contributed by atoms with Gasteiger partial charge in [-0.1, -0.05) is 0 Å². The summed E-state index contributed by atoms with van der Waals surface area (Å²) < 4.78 is 10.7. The molecule has 4 unspecified atom stereocenters. The number of rotatable bonds is 4. The minimum absolute atomic E-state index is 0.0232. The van der Waals surface area contributed by atoms with E-state index >= 15 is 0 Å². The predicted molar refractivity (Wildman–Crippen MR) is 61.3 cm³/mol. The van der Waals surface area contributed by atoms with Crippen LogP contribution >= 0.6 is 0 Å². The normalized spacial score (nSPS) is 39.4. The lowest BCUT2D eigenvalue weighted by molar-refractivity contribution is -0.160. The third kappa shape index (κ3) is 2.40. The van der Waals surface area contributed by atoms with E-state index in [0.29, 0.717) is 6.42 Å². The number of ether oxygens (including phenoxy) is 2. The molecule has 0 amide bonds. The third-order valence-electron chi connectivity index (χ3n) is 4.31. The fourth-order valence-electron chi connectivity index (χ4n) is 2.42. The van der Waals surface area contributed by atoms with Gasteiger partial charge in [-0.3, -0.25) is 0 Å². The topological polar surface area (TPSA) is 58.9 Å². The van der Waals surface area contributed by atoms with Gasteiger partial charge in [-0.2, -0.15) is 0 Å². The fourth-order valence-corrected chi connectivity index (χ4v) is 2.42. The molecule has 1 aliphatic carbocycles. The highest BCUT2D eigenvalue weighted by molar-refractivity contribution is 4.96. The van der Waals surface area contributed by atoms with Crippen LogP contribution in [0.5, 0.6) is 0 Å². The van der Waals surface area contributed by atoms with Gasteiger partial charge in [0.2, 0.25) is 0 Å². The van der Waals surface area contributed by atoms with Crippen LogP contribution in [0.1, 0.15) is 33.1 Å². The lowest BCUT2D eigenvalue weighted by Crippen LogP contribution is -2.52. The van der Waals surface area contributed by atoms with Crippen LogP contribution in [-0.4, -0.2) is 48.3 Å². The molecular weight excluding hydrogens is 208 g/mol. The van der Waals surface area contributed by atoms with E-state index in [1.807, 2.05) is 13.8 Å². The van der Waals surface area contributed by atoms with E-state index in [9.17, 15) is 10.2 Å². The van der Waals surface area contributed by atoms with Gasteiger partial charge >= 0.3 is 0 Å². The second kappa shape index (κ2) is 5.00. The van der Waals surface area contributed by atoms with Gasteiger partial charge in [0, 0.05) is 14.2 Å². The van der Waals surface area contributed by atoms with Crippen molar-refractivity contribution >= 4 is 0 Å². The summed E-state index contributed by atoms with van der Waals surface area (Å²) in [7, 11) is 3.23. The molecule has 0 radical (unpaired) electrons. The van der Waals surface area contributed by atoms with Gasteiger partial charge in [0.05, 0.1) is 23.9 Å². The van der Waals surface area contributed by atoms with Gasteiger partial charge in [0.15, 0.2) is 0 Å². The highest BCUT2D eigenvalue weighted by Gasteiger charge is 2.45. The summed E-state index contributed by atoms with van der Waals surface area (Å²) in [6.07, 6.45) is 1.78. The second-order valence-corrected chi connectivity index (χ2v) is 5.18. The summed E-state index contributed by atoms with van der Waals surface area (Å²) in [6, 6.07) is 0. The molecule has 0 bridgehead atoms. The van der Waals surface area contributed by atoms with Crippen LogP contribution in [0.15, 0.2) is 0 Å². The van der Waals surface area contributed by atoms with Gasteiger partial charge in [-0.05, 0) is 39.0 Å². The first-order valence-corrected chi connectivity index (χ1v) is 5.81. The van der Waals surface area contributed by atoms with E-state index in [1.165, 1.54) is 0 Å². The second-order valence-electron chi connectivity index (χ2n) is 5.18. The number of aliphatic hydroxyl groups is 2. The lowest BCUT2D eigenvalue weighted by Gasteiger charge is -2.45. The first kappa shape index (κ1) is 13.9. The van der Waals surface area contributed by atoms with Crippen molar-refractivity contribution in [3.63, 3.8) is 0 Å². The van der Waals surface area contributed by atoms with E-state index in [1.54, 1.807) is 14.2 Å². The Balaban J connectivity index is 2.71. The minimum atomic E-state index is -0.559. The first-order chi connectivity index (χ1) is 7.41. The zero-order valence-corrected chi connectivity index (χ0v) is 10.7. The van der Waals surface area contributed by atoms with Gasteiger partial charge in [-0.25, -0.2) is 0 Å².